The Balaban J connectivity index is 2.43. The van der Waals surface area contributed by atoms with Gasteiger partial charge in [0, 0.05) is 18.5 Å². The maximum absolute atomic E-state index is 8.62. The molecular formula is C13H27N3O. The zero-order chi connectivity index (χ0) is 12.8. The average Bonchev–Trinajstić information content (AvgIpc) is 2.35. The van der Waals surface area contributed by atoms with E-state index in [2.05, 4.69) is 24.3 Å². The van der Waals surface area contributed by atoms with Gasteiger partial charge in [-0.05, 0) is 24.7 Å². The lowest BCUT2D eigenvalue weighted by Crippen LogP contribution is -2.44. The fourth-order valence-electron chi connectivity index (χ4n) is 2.74. The molecule has 0 aromatic heterocycles. The zero-order valence-corrected chi connectivity index (χ0v) is 11.3. The normalized spacial score (nSPS) is 28.4. The number of nitrogens with two attached hydrogens (primary N) is 1. The fourth-order valence-corrected chi connectivity index (χ4v) is 2.74. The second-order valence-electron chi connectivity index (χ2n) is 5.63. The van der Waals surface area contributed by atoms with Gasteiger partial charge in [0.15, 0.2) is 0 Å². The highest BCUT2D eigenvalue weighted by Gasteiger charge is 2.27. The zero-order valence-electron chi connectivity index (χ0n) is 11.3. The Hall–Kier alpha value is -0.770. The van der Waals surface area contributed by atoms with Crippen molar-refractivity contribution in [2.24, 2.45) is 28.6 Å². The van der Waals surface area contributed by atoms with Crippen LogP contribution in [0.15, 0.2) is 5.16 Å². The Morgan fingerprint density at radius 3 is 2.59 bits per heavy atom. The highest BCUT2D eigenvalue weighted by Crippen LogP contribution is 2.30. The van der Waals surface area contributed by atoms with Gasteiger partial charge in [0.25, 0.3) is 0 Å². The Morgan fingerprint density at radius 1 is 1.35 bits per heavy atom. The number of oxime groups is 1. The van der Waals surface area contributed by atoms with Gasteiger partial charge in [0.1, 0.15) is 5.84 Å². The highest BCUT2D eigenvalue weighted by molar-refractivity contribution is 5.82. The molecule has 3 unspecified atom stereocenters. The SMILES string of the molecule is CC(CNC1CCCCC1C(C)C)C(N)=NO. The molecule has 0 aromatic carbocycles. The van der Waals surface area contributed by atoms with Crippen LogP contribution in [0.25, 0.3) is 0 Å². The molecular weight excluding hydrogens is 214 g/mol. The van der Waals surface area contributed by atoms with Crippen LogP contribution in [0, 0.1) is 17.8 Å². The molecule has 1 fully saturated rings. The van der Waals surface area contributed by atoms with Crippen molar-refractivity contribution in [1.82, 2.24) is 5.32 Å². The second kappa shape index (κ2) is 6.84. The summed E-state index contributed by atoms with van der Waals surface area (Å²) in [6.07, 6.45) is 5.26. The van der Waals surface area contributed by atoms with Crippen LogP contribution >= 0.6 is 0 Å². The summed E-state index contributed by atoms with van der Waals surface area (Å²) in [5.74, 6) is 1.90. The first-order chi connectivity index (χ1) is 8.06. The minimum Gasteiger partial charge on any atom is -0.409 e. The molecule has 4 heteroatoms. The Labute approximate surface area is 105 Å². The van der Waals surface area contributed by atoms with Crippen molar-refractivity contribution in [2.75, 3.05) is 6.54 Å². The number of hydrogen-bond acceptors (Lipinski definition) is 3. The Bertz CT molecular complexity index is 253. The third-order valence-electron chi connectivity index (χ3n) is 3.98. The van der Waals surface area contributed by atoms with Crippen molar-refractivity contribution in [3.05, 3.63) is 0 Å². The molecule has 1 saturated carbocycles. The smallest absolute Gasteiger partial charge is 0.143 e. The summed E-state index contributed by atoms with van der Waals surface area (Å²) < 4.78 is 0. The first-order valence-electron chi connectivity index (χ1n) is 6.77. The second-order valence-corrected chi connectivity index (χ2v) is 5.63. The highest BCUT2D eigenvalue weighted by atomic mass is 16.4. The fraction of sp³-hybridized carbons (Fsp3) is 0.923. The summed E-state index contributed by atoms with van der Waals surface area (Å²) in [5.41, 5.74) is 5.59. The van der Waals surface area contributed by atoms with Gasteiger partial charge in [-0.25, -0.2) is 0 Å². The van der Waals surface area contributed by atoms with Crippen molar-refractivity contribution in [3.8, 4) is 0 Å². The topological polar surface area (TPSA) is 70.6 Å². The average molecular weight is 241 g/mol. The molecule has 1 aliphatic carbocycles. The van der Waals surface area contributed by atoms with Crippen LogP contribution in [0.1, 0.15) is 46.5 Å². The van der Waals surface area contributed by atoms with Crippen molar-refractivity contribution >= 4 is 5.84 Å². The van der Waals surface area contributed by atoms with Crippen LogP contribution in [-0.2, 0) is 0 Å². The quantitative estimate of drug-likeness (QED) is 0.299. The van der Waals surface area contributed by atoms with Crippen molar-refractivity contribution in [1.29, 1.82) is 0 Å². The van der Waals surface area contributed by atoms with E-state index in [-0.39, 0.29) is 5.92 Å². The Morgan fingerprint density at radius 2 is 2.00 bits per heavy atom. The van der Waals surface area contributed by atoms with Crippen LogP contribution < -0.4 is 11.1 Å². The van der Waals surface area contributed by atoms with E-state index in [4.69, 9.17) is 10.9 Å². The van der Waals surface area contributed by atoms with Crippen LogP contribution in [0.3, 0.4) is 0 Å². The van der Waals surface area contributed by atoms with Crippen LogP contribution in [0.4, 0.5) is 0 Å². The molecule has 0 bridgehead atoms. The molecule has 3 atom stereocenters. The predicted molar refractivity (Wildman–Crippen MR) is 71.2 cm³/mol. The molecule has 4 nitrogen and oxygen atoms in total. The third kappa shape index (κ3) is 4.19. The molecule has 100 valence electrons. The largest absolute Gasteiger partial charge is 0.409 e. The van der Waals surface area contributed by atoms with E-state index in [0.29, 0.717) is 11.9 Å². The number of nitrogens with one attached hydrogen (secondary N) is 1. The van der Waals surface area contributed by atoms with E-state index >= 15 is 0 Å². The minimum absolute atomic E-state index is 0.0924. The lowest BCUT2D eigenvalue weighted by molar-refractivity contribution is 0.203. The van der Waals surface area contributed by atoms with E-state index in [1.165, 1.54) is 25.7 Å². The van der Waals surface area contributed by atoms with Gasteiger partial charge < -0.3 is 16.3 Å². The maximum Gasteiger partial charge on any atom is 0.143 e. The van der Waals surface area contributed by atoms with Crippen LogP contribution in [0.2, 0.25) is 0 Å². The summed E-state index contributed by atoms with van der Waals surface area (Å²) in [7, 11) is 0. The van der Waals surface area contributed by atoms with Gasteiger partial charge in [-0.3, -0.25) is 0 Å². The molecule has 0 heterocycles. The van der Waals surface area contributed by atoms with E-state index in [0.717, 1.165) is 18.4 Å². The van der Waals surface area contributed by atoms with Gasteiger partial charge in [-0.1, -0.05) is 38.8 Å². The summed E-state index contributed by atoms with van der Waals surface area (Å²) in [5, 5.41) is 15.3. The number of nitrogens with zero attached hydrogens (tertiary/aromatic N) is 1. The van der Waals surface area contributed by atoms with E-state index in [1.54, 1.807) is 0 Å². The molecule has 0 aromatic rings. The molecule has 1 aliphatic rings. The molecule has 1 rings (SSSR count). The minimum atomic E-state index is 0.0924. The van der Waals surface area contributed by atoms with Crippen molar-refractivity contribution < 1.29 is 5.21 Å². The van der Waals surface area contributed by atoms with Crippen molar-refractivity contribution in [2.45, 2.75) is 52.5 Å². The molecule has 0 saturated heterocycles. The van der Waals surface area contributed by atoms with Gasteiger partial charge >= 0.3 is 0 Å². The van der Waals surface area contributed by atoms with E-state index in [1.807, 2.05) is 6.92 Å². The van der Waals surface area contributed by atoms with Crippen molar-refractivity contribution in [3.63, 3.8) is 0 Å². The maximum atomic E-state index is 8.62. The molecule has 0 aliphatic heterocycles. The molecule has 17 heavy (non-hydrogen) atoms. The predicted octanol–water partition coefficient (Wildman–Crippen LogP) is 2.17. The standard InChI is InChI=1S/C13H27N3O/c1-9(2)11-6-4-5-7-12(11)15-8-10(3)13(14)16-17/h9-12,15,17H,4-8H2,1-3H3,(H2,14,16). The molecule has 0 spiro atoms. The monoisotopic (exact) mass is 241 g/mol. The summed E-state index contributed by atoms with van der Waals surface area (Å²) >= 11 is 0. The molecule has 4 N–H and O–H groups in total. The summed E-state index contributed by atoms with van der Waals surface area (Å²) in [6.45, 7) is 7.38. The number of hydrogen-bond donors (Lipinski definition) is 3. The van der Waals surface area contributed by atoms with Crippen LogP contribution in [-0.4, -0.2) is 23.6 Å². The van der Waals surface area contributed by atoms with Crippen LogP contribution in [0.5, 0.6) is 0 Å². The first kappa shape index (κ1) is 14.3. The lowest BCUT2D eigenvalue weighted by Gasteiger charge is -2.35. The van der Waals surface area contributed by atoms with E-state index in [9.17, 15) is 0 Å². The summed E-state index contributed by atoms with van der Waals surface area (Å²) in [6, 6.07) is 0.595. The number of amidine groups is 1. The third-order valence-corrected chi connectivity index (χ3v) is 3.98. The summed E-state index contributed by atoms with van der Waals surface area (Å²) in [4.78, 5) is 0. The molecule has 0 amide bonds. The van der Waals surface area contributed by atoms with Gasteiger partial charge in [0.05, 0.1) is 0 Å². The van der Waals surface area contributed by atoms with E-state index < -0.39 is 0 Å². The number of rotatable bonds is 5. The lowest BCUT2D eigenvalue weighted by atomic mass is 9.77. The van der Waals surface area contributed by atoms with Gasteiger partial charge in [0.2, 0.25) is 0 Å². The first-order valence-corrected chi connectivity index (χ1v) is 6.77. The van der Waals surface area contributed by atoms with Gasteiger partial charge in [-0.2, -0.15) is 0 Å². The van der Waals surface area contributed by atoms with Gasteiger partial charge in [-0.15, -0.1) is 0 Å². The molecule has 0 radical (unpaired) electrons. The Kier molecular flexibility index (Phi) is 5.75.